The van der Waals surface area contributed by atoms with E-state index < -0.39 is 24.1 Å². The van der Waals surface area contributed by atoms with Crippen LogP contribution in [0.3, 0.4) is 0 Å². The van der Waals surface area contributed by atoms with Gasteiger partial charge in [0.1, 0.15) is 53.4 Å². The Labute approximate surface area is 485 Å². The lowest BCUT2D eigenvalue weighted by Crippen LogP contribution is -2.61. The SMILES string of the molecule is CC1CN(C(=O)C(c2cccs2)N(C(=O)CCl)c2ccc(Oc3ccccc3)cc2)CC(C)N1.CC1CN(C(=O)C(c2cccs2)N(C(=O)CCl)c2ccc(Oc3ccccc3)cc2)CC(C)N1C(=O)OCc1ccccc1.Cl. The number of hydrogen-bond donors (Lipinski definition) is 1. The lowest BCUT2D eigenvalue weighted by atomic mass is 10.1. The van der Waals surface area contributed by atoms with Crippen LogP contribution in [-0.4, -0.2) is 107 Å². The Balaban J connectivity index is 0.000000233. The van der Waals surface area contributed by atoms with Gasteiger partial charge in [-0.2, -0.15) is 0 Å². The highest BCUT2D eigenvalue weighted by atomic mass is 35.5. The quantitative estimate of drug-likeness (QED) is 0.0936. The molecule has 0 bridgehead atoms. The van der Waals surface area contributed by atoms with Crippen molar-refractivity contribution in [3.63, 3.8) is 0 Å². The normalized spacial score (nSPS) is 17.6. The van der Waals surface area contributed by atoms with Crippen molar-refractivity contribution in [2.24, 2.45) is 0 Å². The Kier molecular flexibility index (Phi) is 21.8. The summed E-state index contributed by atoms with van der Waals surface area (Å²) >= 11 is 15.0. The number of nitrogens with zero attached hydrogens (tertiary/aromatic N) is 5. The van der Waals surface area contributed by atoms with Gasteiger partial charge in [-0.05, 0) is 129 Å². The number of alkyl halides is 2. The van der Waals surface area contributed by atoms with Crippen LogP contribution in [0.2, 0.25) is 0 Å². The van der Waals surface area contributed by atoms with Crippen LogP contribution in [0.1, 0.15) is 55.1 Å². The molecule has 0 saturated carbocycles. The third-order valence-corrected chi connectivity index (χ3v) is 15.4. The second kappa shape index (κ2) is 28.8. The minimum Gasteiger partial charge on any atom is -0.457 e. The first kappa shape index (κ1) is 59.7. The molecule has 2 aliphatic rings. The van der Waals surface area contributed by atoms with Crippen molar-refractivity contribution in [3.8, 4) is 23.0 Å². The highest BCUT2D eigenvalue weighted by Gasteiger charge is 2.42. The Morgan fingerprint density at radius 2 is 0.911 bits per heavy atom. The van der Waals surface area contributed by atoms with E-state index in [4.69, 9.17) is 37.4 Å². The number of anilines is 2. The van der Waals surface area contributed by atoms with Gasteiger partial charge in [0.2, 0.25) is 11.8 Å². The molecule has 9 rings (SSSR count). The van der Waals surface area contributed by atoms with Crippen LogP contribution in [0.15, 0.2) is 175 Å². The third-order valence-electron chi connectivity index (χ3n) is 13.1. The molecule has 5 amide bonds. The number of benzene rings is 5. The largest absolute Gasteiger partial charge is 0.457 e. The number of carbonyl (C=O) groups is 5. The van der Waals surface area contributed by atoms with Crippen LogP contribution in [0.5, 0.6) is 23.0 Å². The molecule has 79 heavy (non-hydrogen) atoms. The molecule has 6 atom stereocenters. The molecule has 2 saturated heterocycles. The first-order chi connectivity index (χ1) is 37.8. The van der Waals surface area contributed by atoms with Crippen LogP contribution < -0.4 is 24.6 Å². The third kappa shape index (κ3) is 15.5. The van der Waals surface area contributed by atoms with Gasteiger partial charge in [-0.1, -0.05) is 78.9 Å². The van der Waals surface area contributed by atoms with Crippen LogP contribution >= 0.6 is 58.3 Å². The highest BCUT2D eigenvalue weighted by Crippen LogP contribution is 2.37. The van der Waals surface area contributed by atoms with E-state index in [9.17, 15) is 24.0 Å². The van der Waals surface area contributed by atoms with Crippen LogP contribution in [0, 0.1) is 0 Å². The molecule has 14 nitrogen and oxygen atoms in total. The number of thiophene rings is 2. The number of ether oxygens (including phenoxy) is 3. The van der Waals surface area contributed by atoms with E-state index in [-0.39, 0.29) is 85.8 Å². The number of nitrogens with one attached hydrogen (secondary N) is 1. The predicted molar refractivity (Wildman–Crippen MR) is 316 cm³/mol. The number of hydrogen-bond acceptors (Lipinski definition) is 11. The van der Waals surface area contributed by atoms with Crippen molar-refractivity contribution in [2.45, 2.75) is 70.6 Å². The standard InChI is InChI=1S/C34H34ClN3O5S.C26H28ClN3O3S.ClH/c1-24-21-36(22-25(2)37(24)34(41)42-23-26-10-5-3-6-11-26)33(40)32(30-14-9-19-44-30)38(31(39)20-35)27-15-17-29(18-16-27)43-28-12-7-4-8-13-28;1-18-16-29(17-19(2)28-18)26(32)25(23-9-6-14-34-23)30(24(31)15-27)20-10-12-22(13-11-20)33-21-7-4-3-5-8-21;/h3-19,24-25,32H,20-23H2,1-2H3;3-14,18-19,25,28H,15-17H2,1-2H3;1H. The van der Waals surface area contributed by atoms with Gasteiger partial charge in [-0.25, -0.2) is 4.79 Å². The summed E-state index contributed by atoms with van der Waals surface area (Å²) in [5.74, 6) is 1.02. The summed E-state index contributed by atoms with van der Waals surface area (Å²) in [6.45, 7) is 9.82. The van der Waals surface area contributed by atoms with Gasteiger partial charge < -0.3 is 29.3 Å². The molecule has 1 N–H and O–H groups in total. The summed E-state index contributed by atoms with van der Waals surface area (Å²) < 4.78 is 17.4. The molecule has 2 aromatic heterocycles. The molecular weight excluding hydrogens is 1100 g/mol. The summed E-state index contributed by atoms with van der Waals surface area (Å²) in [6, 6.07) is 48.1. The van der Waals surface area contributed by atoms with Crippen molar-refractivity contribution in [2.75, 3.05) is 47.7 Å². The van der Waals surface area contributed by atoms with E-state index >= 15 is 0 Å². The second-order valence-electron chi connectivity index (χ2n) is 19.0. The Hall–Kier alpha value is -6.92. The molecule has 5 aromatic carbocycles. The smallest absolute Gasteiger partial charge is 0.410 e. The van der Waals surface area contributed by atoms with E-state index in [1.54, 1.807) is 58.3 Å². The molecule has 0 radical (unpaired) electrons. The minimum atomic E-state index is -0.932. The maximum atomic E-state index is 14.4. The average molecular weight is 1170 g/mol. The molecule has 2 fully saturated rings. The topological polar surface area (TPSA) is 141 Å². The molecule has 4 heterocycles. The van der Waals surface area contributed by atoms with Gasteiger partial charge in [-0.3, -0.25) is 33.9 Å². The fourth-order valence-corrected chi connectivity index (χ4v) is 11.6. The van der Waals surface area contributed by atoms with Gasteiger partial charge in [0.05, 0.1) is 12.1 Å². The average Bonchev–Trinajstić information content (AvgIpc) is 4.28. The number of piperazine rings is 2. The monoisotopic (exact) mass is 1160 g/mol. The summed E-state index contributed by atoms with van der Waals surface area (Å²) in [6.07, 6.45) is -0.424. The van der Waals surface area contributed by atoms with Gasteiger partial charge in [0, 0.05) is 59.4 Å². The summed E-state index contributed by atoms with van der Waals surface area (Å²) in [5.41, 5.74) is 2.01. The molecule has 19 heteroatoms. The van der Waals surface area contributed by atoms with Crippen molar-refractivity contribution in [3.05, 3.63) is 190 Å². The van der Waals surface area contributed by atoms with E-state index in [0.29, 0.717) is 46.6 Å². The maximum Gasteiger partial charge on any atom is 0.410 e. The number of carbonyl (C=O) groups excluding carboxylic acids is 5. The van der Waals surface area contributed by atoms with Crippen LogP contribution in [0.4, 0.5) is 16.2 Å². The molecule has 414 valence electrons. The molecule has 0 spiro atoms. The highest BCUT2D eigenvalue weighted by molar-refractivity contribution is 7.10. The van der Waals surface area contributed by atoms with Gasteiger partial charge in [-0.15, -0.1) is 58.3 Å². The maximum absolute atomic E-state index is 14.4. The summed E-state index contributed by atoms with van der Waals surface area (Å²) in [7, 11) is 0. The molecule has 2 aliphatic heterocycles. The first-order valence-corrected chi connectivity index (χ1v) is 28.5. The minimum absolute atomic E-state index is 0. The zero-order valence-corrected chi connectivity index (χ0v) is 48.1. The fourth-order valence-electron chi connectivity index (χ4n) is 9.72. The predicted octanol–water partition coefficient (Wildman–Crippen LogP) is 12.6. The van der Waals surface area contributed by atoms with Crippen LogP contribution in [0.25, 0.3) is 0 Å². The van der Waals surface area contributed by atoms with E-state index in [2.05, 4.69) is 19.2 Å². The molecule has 0 aliphatic carbocycles. The zero-order valence-electron chi connectivity index (χ0n) is 44.1. The van der Waals surface area contributed by atoms with Crippen molar-refractivity contribution < 1.29 is 38.2 Å². The molecule has 6 unspecified atom stereocenters. The number of halogens is 3. The van der Waals surface area contributed by atoms with Crippen molar-refractivity contribution in [1.29, 1.82) is 0 Å². The Morgan fingerprint density at radius 3 is 1.29 bits per heavy atom. The fraction of sp³-hybridized carbons (Fsp3) is 0.283. The first-order valence-electron chi connectivity index (χ1n) is 25.6. The van der Waals surface area contributed by atoms with Gasteiger partial charge >= 0.3 is 6.09 Å². The van der Waals surface area contributed by atoms with Gasteiger partial charge in [0.25, 0.3) is 11.8 Å². The Morgan fingerprint density at radius 1 is 0.532 bits per heavy atom. The molecular formula is C60H63Cl3N6O8S2. The van der Waals surface area contributed by atoms with Gasteiger partial charge in [0.15, 0.2) is 0 Å². The lowest BCUT2D eigenvalue weighted by Gasteiger charge is -2.45. The Bertz CT molecular complexity index is 3020. The van der Waals surface area contributed by atoms with E-state index in [1.807, 2.05) is 145 Å². The number of rotatable bonds is 16. The lowest BCUT2D eigenvalue weighted by molar-refractivity contribution is -0.138. The van der Waals surface area contributed by atoms with Crippen molar-refractivity contribution >= 4 is 99.4 Å². The number of amides is 5. The summed E-state index contributed by atoms with van der Waals surface area (Å²) in [4.78, 5) is 77.6. The molecule has 7 aromatic rings. The van der Waals surface area contributed by atoms with E-state index in [1.165, 1.54) is 32.5 Å². The zero-order chi connectivity index (χ0) is 55.1. The van der Waals surface area contributed by atoms with Crippen molar-refractivity contribution in [1.82, 2.24) is 20.0 Å². The van der Waals surface area contributed by atoms with Crippen LogP contribution in [-0.2, 0) is 30.5 Å². The second-order valence-corrected chi connectivity index (χ2v) is 21.5. The van der Waals surface area contributed by atoms with E-state index in [0.717, 1.165) is 16.2 Å². The number of para-hydroxylation sites is 2. The summed E-state index contributed by atoms with van der Waals surface area (Å²) in [5, 5.41) is 7.24.